The van der Waals surface area contributed by atoms with E-state index in [-0.39, 0.29) is 0 Å². The highest BCUT2D eigenvalue weighted by molar-refractivity contribution is 5.15. The van der Waals surface area contributed by atoms with Gasteiger partial charge in [0.05, 0.1) is 0 Å². The fourth-order valence-electron chi connectivity index (χ4n) is 0.873. The standard InChI is InChI=1S/C10H13N/c1-3-4-5-10-7-6-9(2)11-8-10/h3-4,6-8H,5H2,1-2H3/b4-3+. The molecule has 1 nitrogen and oxygen atoms in total. The Morgan fingerprint density at radius 2 is 2.27 bits per heavy atom. The Bertz CT molecular complexity index is 234. The minimum absolute atomic E-state index is 0.990. The van der Waals surface area contributed by atoms with Crippen molar-refractivity contribution >= 4 is 0 Å². The number of hydrogen-bond donors (Lipinski definition) is 0. The number of hydrogen-bond acceptors (Lipinski definition) is 1. The second-order valence-corrected chi connectivity index (χ2v) is 2.58. The van der Waals surface area contributed by atoms with E-state index in [9.17, 15) is 0 Å². The fourth-order valence-corrected chi connectivity index (χ4v) is 0.873. The topological polar surface area (TPSA) is 12.9 Å². The van der Waals surface area contributed by atoms with Gasteiger partial charge in [-0.05, 0) is 31.9 Å². The Morgan fingerprint density at radius 1 is 1.45 bits per heavy atom. The van der Waals surface area contributed by atoms with Gasteiger partial charge in [-0.1, -0.05) is 18.2 Å². The maximum atomic E-state index is 4.20. The van der Waals surface area contributed by atoms with Crippen molar-refractivity contribution in [3.8, 4) is 0 Å². The van der Waals surface area contributed by atoms with E-state index in [0.717, 1.165) is 12.1 Å². The molecule has 0 saturated carbocycles. The molecule has 58 valence electrons. The van der Waals surface area contributed by atoms with Gasteiger partial charge in [0.15, 0.2) is 0 Å². The van der Waals surface area contributed by atoms with Crippen LogP contribution in [-0.4, -0.2) is 4.98 Å². The summed E-state index contributed by atoms with van der Waals surface area (Å²) in [6.45, 7) is 4.03. The lowest BCUT2D eigenvalue weighted by molar-refractivity contribution is 1.13. The molecule has 1 heteroatoms. The highest BCUT2D eigenvalue weighted by Gasteiger charge is 1.88. The minimum Gasteiger partial charge on any atom is -0.261 e. The summed E-state index contributed by atoms with van der Waals surface area (Å²) in [6.07, 6.45) is 7.10. The molecule has 0 saturated heterocycles. The van der Waals surface area contributed by atoms with E-state index in [2.05, 4.69) is 23.2 Å². The maximum absolute atomic E-state index is 4.20. The molecule has 0 aliphatic carbocycles. The molecule has 0 fully saturated rings. The van der Waals surface area contributed by atoms with Gasteiger partial charge in [-0.3, -0.25) is 4.98 Å². The summed E-state index contributed by atoms with van der Waals surface area (Å²) in [7, 11) is 0. The summed E-state index contributed by atoms with van der Waals surface area (Å²) in [5, 5.41) is 0. The van der Waals surface area contributed by atoms with Crippen LogP contribution in [0.2, 0.25) is 0 Å². The lowest BCUT2D eigenvalue weighted by Crippen LogP contribution is -1.84. The van der Waals surface area contributed by atoms with Crippen LogP contribution < -0.4 is 0 Å². The average molecular weight is 147 g/mol. The normalized spacial score (nSPS) is 10.7. The van der Waals surface area contributed by atoms with Crippen molar-refractivity contribution in [2.45, 2.75) is 20.3 Å². The molecule has 0 N–H and O–H groups in total. The van der Waals surface area contributed by atoms with E-state index < -0.39 is 0 Å². The molecule has 11 heavy (non-hydrogen) atoms. The number of pyridine rings is 1. The minimum atomic E-state index is 0.990. The highest BCUT2D eigenvalue weighted by Crippen LogP contribution is 2.00. The molecule has 0 atom stereocenters. The molecule has 0 aromatic carbocycles. The van der Waals surface area contributed by atoms with Crippen LogP contribution >= 0.6 is 0 Å². The first-order chi connectivity index (χ1) is 5.33. The van der Waals surface area contributed by atoms with Gasteiger partial charge in [0.2, 0.25) is 0 Å². The van der Waals surface area contributed by atoms with Crippen LogP contribution in [0.25, 0.3) is 0 Å². The van der Waals surface area contributed by atoms with E-state index in [0.29, 0.717) is 0 Å². The van der Waals surface area contributed by atoms with Crippen LogP contribution in [0, 0.1) is 6.92 Å². The Hall–Kier alpha value is -1.11. The van der Waals surface area contributed by atoms with Gasteiger partial charge >= 0.3 is 0 Å². The number of nitrogens with zero attached hydrogens (tertiary/aromatic N) is 1. The van der Waals surface area contributed by atoms with Gasteiger partial charge in [-0.15, -0.1) is 0 Å². The zero-order chi connectivity index (χ0) is 8.10. The largest absolute Gasteiger partial charge is 0.261 e. The first-order valence-electron chi connectivity index (χ1n) is 3.85. The first-order valence-corrected chi connectivity index (χ1v) is 3.85. The number of aromatic nitrogens is 1. The number of allylic oxidation sites excluding steroid dienone is 2. The summed E-state index contributed by atoms with van der Waals surface area (Å²) in [5.41, 5.74) is 2.35. The highest BCUT2D eigenvalue weighted by atomic mass is 14.6. The molecule has 0 bridgehead atoms. The predicted molar refractivity (Wildman–Crippen MR) is 47.5 cm³/mol. The van der Waals surface area contributed by atoms with Gasteiger partial charge in [0, 0.05) is 11.9 Å². The van der Waals surface area contributed by atoms with Crippen molar-refractivity contribution in [1.29, 1.82) is 0 Å². The SMILES string of the molecule is C/C=C/Cc1ccc(C)nc1. The van der Waals surface area contributed by atoms with Gasteiger partial charge in [-0.25, -0.2) is 0 Å². The van der Waals surface area contributed by atoms with E-state index >= 15 is 0 Å². The van der Waals surface area contributed by atoms with Crippen molar-refractivity contribution in [3.05, 3.63) is 41.7 Å². The molecule has 1 aromatic heterocycles. The van der Waals surface area contributed by atoms with Crippen LogP contribution in [0.1, 0.15) is 18.2 Å². The van der Waals surface area contributed by atoms with E-state index in [1.54, 1.807) is 0 Å². The molecule has 0 radical (unpaired) electrons. The molecular weight excluding hydrogens is 134 g/mol. The summed E-state index contributed by atoms with van der Waals surface area (Å²) in [5.74, 6) is 0. The monoisotopic (exact) mass is 147 g/mol. The Kier molecular flexibility index (Phi) is 2.84. The zero-order valence-electron chi connectivity index (χ0n) is 7.04. The predicted octanol–water partition coefficient (Wildman–Crippen LogP) is 2.51. The van der Waals surface area contributed by atoms with Gasteiger partial charge in [-0.2, -0.15) is 0 Å². The van der Waals surface area contributed by atoms with Crippen LogP contribution in [0.5, 0.6) is 0 Å². The third-order valence-corrected chi connectivity index (χ3v) is 1.56. The van der Waals surface area contributed by atoms with E-state index in [1.165, 1.54) is 5.56 Å². The van der Waals surface area contributed by atoms with Crippen molar-refractivity contribution in [2.75, 3.05) is 0 Å². The third kappa shape index (κ3) is 2.54. The maximum Gasteiger partial charge on any atom is 0.0372 e. The average Bonchev–Trinajstić information content (AvgIpc) is 2.04. The van der Waals surface area contributed by atoms with Crippen molar-refractivity contribution in [3.63, 3.8) is 0 Å². The summed E-state index contributed by atoms with van der Waals surface area (Å²) in [6, 6.07) is 4.15. The molecule has 1 rings (SSSR count). The van der Waals surface area contributed by atoms with E-state index in [4.69, 9.17) is 0 Å². The molecule has 1 aromatic rings. The first kappa shape index (κ1) is 7.99. The quantitative estimate of drug-likeness (QED) is 0.586. The summed E-state index contributed by atoms with van der Waals surface area (Å²) in [4.78, 5) is 4.20. The second kappa shape index (κ2) is 3.91. The van der Waals surface area contributed by atoms with E-state index in [1.807, 2.05) is 26.1 Å². The fraction of sp³-hybridized carbons (Fsp3) is 0.300. The van der Waals surface area contributed by atoms with Gasteiger partial charge in [0.1, 0.15) is 0 Å². The van der Waals surface area contributed by atoms with Gasteiger partial charge in [0.25, 0.3) is 0 Å². The Morgan fingerprint density at radius 3 is 2.82 bits per heavy atom. The lowest BCUT2D eigenvalue weighted by atomic mass is 10.2. The molecule has 0 spiro atoms. The second-order valence-electron chi connectivity index (χ2n) is 2.58. The summed E-state index contributed by atoms with van der Waals surface area (Å²) >= 11 is 0. The molecule has 1 heterocycles. The van der Waals surface area contributed by atoms with Crippen LogP contribution in [-0.2, 0) is 6.42 Å². The van der Waals surface area contributed by atoms with Crippen molar-refractivity contribution in [2.24, 2.45) is 0 Å². The van der Waals surface area contributed by atoms with Crippen molar-refractivity contribution in [1.82, 2.24) is 4.98 Å². The van der Waals surface area contributed by atoms with Crippen LogP contribution in [0.3, 0.4) is 0 Å². The Balaban J connectivity index is 2.66. The number of aryl methyl sites for hydroxylation is 1. The smallest absolute Gasteiger partial charge is 0.0372 e. The lowest BCUT2D eigenvalue weighted by Gasteiger charge is -1.95. The van der Waals surface area contributed by atoms with Crippen molar-refractivity contribution < 1.29 is 0 Å². The third-order valence-electron chi connectivity index (χ3n) is 1.56. The molecular formula is C10H13N. The molecule has 0 amide bonds. The molecule has 0 aliphatic heterocycles. The summed E-state index contributed by atoms with van der Waals surface area (Å²) < 4.78 is 0. The van der Waals surface area contributed by atoms with Crippen LogP contribution in [0.4, 0.5) is 0 Å². The Labute approximate surface area is 67.8 Å². The molecule has 0 aliphatic rings. The van der Waals surface area contributed by atoms with Crippen LogP contribution in [0.15, 0.2) is 30.5 Å². The van der Waals surface area contributed by atoms with Gasteiger partial charge < -0.3 is 0 Å². The molecule has 0 unspecified atom stereocenters. The zero-order valence-corrected chi connectivity index (χ0v) is 7.04. The number of rotatable bonds is 2.